The molecule has 0 saturated heterocycles. The van der Waals surface area contributed by atoms with E-state index >= 15 is 0 Å². The Hall–Kier alpha value is -0.390. The highest BCUT2D eigenvalue weighted by Gasteiger charge is 2.00. The number of nitrogens with zero attached hydrogens (tertiary/aromatic N) is 2. The molecule has 0 spiro atoms. The minimum Gasteiger partial charge on any atom is -0.383 e. The zero-order chi connectivity index (χ0) is 9.68. The van der Waals surface area contributed by atoms with E-state index in [-0.39, 0.29) is 0 Å². The summed E-state index contributed by atoms with van der Waals surface area (Å²) in [5, 5.41) is 3.36. The SMILES string of the molecule is COCCNc1ncc(Br)c(Cl)n1. The van der Waals surface area contributed by atoms with Crippen molar-refractivity contribution in [2.75, 3.05) is 25.6 Å². The van der Waals surface area contributed by atoms with Crippen LogP contribution in [0.4, 0.5) is 5.95 Å². The van der Waals surface area contributed by atoms with Crippen molar-refractivity contribution >= 4 is 33.5 Å². The highest BCUT2D eigenvalue weighted by molar-refractivity contribution is 9.10. The summed E-state index contributed by atoms with van der Waals surface area (Å²) in [6.07, 6.45) is 1.60. The fourth-order valence-electron chi connectivity index (χ4n) is 0.696. The van der Waals surface area contributed by atoms with Gasteiger partial charge in [-0.05, 0) is 15.9 Å². The molecule has 0 aliphatic carbocycles. The maximum atomic E-state index is 5.76. The van der Waals surface area contributed by atoms with Crippen molar-refractivity contribution in [2.24, 2.45) is 0 Å². The van der Waals surface area contributed by atoms with Gasteiger partial charge in [0.2, 0.25) is 5.95 Å². The monoisotopic (exact) mass is 265 g/mol. The lowest BCUT2D eigenvalue weighted by atomic mass is 10.6. The summed E-state index contributed by atoms with van der Waals surface area (Å²) in [6, 6.07) is 0. The van der Waals surface area contributed by atoms with E-state index in [0.717, 1.165) is 0 Å². The van der Waals surface area contributed by atoms with Gasteiger partial charge in [0.15, 0.2) is 0 Å². The van der Waals surface area contributed by atoms with E-state index < -0.39 is 0 Å². The summed E-state index contributed by atoms with van der Waals surface area (Å²) in [4.78, 5) is 7.99. The van der Waals surface area contributed by atoms with Crippen LogP contribution in [0.5, 0.6) is 0 Å². The highest BCUT2D eigenvalue weighted by atomic mass is 79.9. The Morgan fingerprint density at radius 1 is 1.69 bits per heavy atom. The molecule has 0 aromatic carbocycles. The van der Waals surface area contributed by atoms with Crippen molar-refractivity contribution < 1.29 is 4.74 Å². The molecular formula is C7H9BrClN3O. The molecule has 0 bridgehead atoms. The van der Waals surface area contributed by atoms with Crippen molar-refractivity contribution in [3.63, 3.8) is 0 Å². The third kappa shape index (κ3) is 3.46. The average molecular weight is 267 g/mol. The first kappa shape index (κ1) is 10.7. The molecule has 0 aliphatic rings. The molecule has 1 rings (SSSR count). The largest absolute Gasteiger partial charge is 0.383 e. The van der Waals surface area contributed by atoms with Crippen molar-refractivity contribution in [2.45, 2.75) is 0 Å². The van der Waals surface area contributed by atoms with Crippen LogP contribution in [-0.2, 0) is 4.74 Å². The highest BCUT2D eigenvalue weighted by Crippen LogP contribution is 2.19. The van der Waals surface area contributed by atoms with Crippen LogP contribution in [0.2, 0.25) is 5.15 Å². The Balaban J connectivity index is 2.53. The van der Waals surface area contributed by atoms with E-state index in [1.807, 2.05) is 0 Å². The molecule has 1 aromatic heterocycles. The quantitative estimate of drug-likeness (QED) is 0.668. The summed E-state index contributed by atoms with van der Waals surface area (Å²) in [5.41, 5.74) is 0. The van der Waals surface area contributed by atoms with Crippen molar-refractivity contribution in [1.82, 2.24) is 9.97 Å². The van der Waals surface area contributed by atoms with E-state index in [9.17, 15) is 0 Å². The molecule has 4 nitrogen and oxygen atoms in total. The van der Waals surface area contributed by atoms with Gasteiger partial charge in [-0.2, -0.15) is 4.98 Å². The molecule has 0 unspecified atom stereocenters. The van der Waals surface area contributed by atoms with Gasteiger partial charge in [0.25, 0.3) is 0 Å². The first-order chi connectivity index (χ1) is 6.24. The average Bonchev–Trinajstić information content (AvgIpc) is 2.12. The number of methoxy groups -OCH3 is 1. The van der Waals surface area contributed by atoms with Gasteiger partial charge in [-0.1, -0.05) is 11.6 Å². The molecule has 1 aromatic rings. The van der Waals surface area contributed by atoms with Gasteiger partial charge in [0, 0.05) is 19.9 Å². The van der Waals surface area contributed by atoms with Crippen molar-refractivity contribution in [3.8, 4) is 0 Å². The topological polar surface area (TPSA) is 47.0 Å². The number of halogens is 2. The number of hydrogen-bond acceptors (Lipinski definition) is 4. The normalized spacial score (nSPS) is 10.1. The standard InChI is InChI=1S/C7H9BrClN3O/c1-13-3-2-10-7-11-4-5(8)6(9)12-7/h4H,2-3H2,1H3,(H,10,11,12). The molecule has 13 heavy (non-hydrogen) atoms. The van der Waals surface area contributed by atoms with E-state index in [4.69, 9.17) is 16.3 Å². The molecule has 1 N–H and O–H groups in total. The zero-order valence-corrected chi connectivity index (χ0v) is 9.39. The fourth-order valence-corrected chi connectivity index (χ4v) is 1.02. The predicted molar refractivity (Wildman–Crippen MR) is 55.1 cm³/mol. The lowest BCUT2D eigenvalue weighted by Gasteiger charge is -2.03. The number of ether oxygens (including phenoxy) is 1. The Kier molecular flexibility index (Phi) is 4.41. The molecule has 72 valence electrons. The van der Waals surface area contributed by atoms with Gasteiger partial charge >= 0.3 is 0 Å². The zero-order valence-electron chi connectivity index (χ0n) is 7.05. The number of rotatable bonds is 4. The van der Waals surface area contributed by atoms with Gasteiger partial charge in [-0.15, -0.1) is 0 Å². The number of aromatic nitrogens is 2. The third-order valence-corrected chi connectivity index (χ3v) is 2.39. The van der Waals surface area contributed by atoms with E-state index in [1.165, 1.54) is 0 Å². The first-order valence-electron chi connectivity index (χ1n) is 3.65. The second-order valence-corrected chi connectivity index (χ2v) is 3.46. The molecule has 0 amide bonds. The maximum Gasteiger partial charge on any atom is 0.224 e. The van der Waals surface area contributed by atoms with Gasteiger partial charge in [-0.3, -0.25) is 0 Å². The molecule has 0 radical (unpaired) electrons. The minimum absolute atomic E-state index is 0.398. The van der Waals surface area contributed by atoms with E-state index in [0.29, 0.717) is 28.7 Å². The fraction of sp³-hybridized carbons (Fsp3) is 0.429. The summed E-state index contributed by atoms with van der Waals surface area (Å²) in [7, 11) is 1.64. The van der Waals surface area contributed by atoms with Crippen LogP contribution in [0.25, 0.3) is 0 Å². The molecular weight excluding hydrogens is 257 g/mol. The Morgan fingerprint density at radius 3 is 3.08 bits per heavy atom. The van der Waals surface area contributed by atoms with Crippen LogP contribution < -0.4 is 5.32 Å². The van der Waals surface area contributed by atoms with Crippen LogP contribution >= 0.6 is 27.5 Å². The smallest absolute Gasteiger partial charge is 0.224 e. The summed E-state index contributed by atoms with van der Waals surface area (Å²) >= 11 is 8.96. The summed E-state index contributed by atoms with van der Waals surface area (Å²) < 4.78 is 5.54. The van der Waals surface area contributed by atoms with Crippen LogP contribution in [0.3, 0.4) is 0 Å². The predicted octanol–water partition coefficient (Wildman–Crippen LogP) is 1.95. The summed E-state index contributed by atoms with van der Waals surface area (Å²) in [6.45, 7) is 1.27. The second-order valence-electron chi connectivity index (χ2n) is 2.25. The Morgan fingerprint density at radius 2 is 2.46 bits per heavy atom. The molecule has 0 atom stereocenters. The maximum absolute atomic E-state index is 5.76. The molecule has 1 heterocycles. The van der Waals surface area contributed by atoms with Crippen LogP contribution in [-0.4, -0.2) is 30.2 Å². The van der Waals surface area contributed by atoms with Gasteiger partial charge in [0.1, 0.15) is 5.15 Å². The van der Waals surface area contributed by atoms with Gasteiger partial charge in [0.05, 0.1) is 11.1 Å². The molecule has 0 fully saturated rings. The van der Waals surface area contributed by atoms with Crippen LogP contribution in [0, 0.1) is 0 Å². The van der Waals surface area contributed by atoms with Crippen LogP contribution in [0.15, 0.2) is 10.7 Å². The van der Waals surface area contributed by atoms with E-state index in [1.54, 1.807) is 13.3 Å². The Labute approximate surface area is 89.8 Å². The molecule has 6 heteroatoms. The van der Waals surface area contributed by atoms with Crippen LogP contribution in [0.1, 0.15) is 0 Å². The minimum atomic E-state index is 0.398. The van der Waals surface area contributed by atoms with Gasteiger partial charge in [-0.25, -0.2) is 4.98 Å². The molecule has 0 aliphatic heterocycles. The number of anilines is 1. The first-order valence-corrected chi connectivity index (χ1v) is 4.82. The van der Waals surface area contributed by atoms with E-state index in [2.05, 4.69) is 31.2 Å². The van der Waals surface area contributed by atoms with Crippen molar-refractivity contribution in [3.05, 3.63) is 15.8 Å². The Bertz CT molecular complexity index is 284. The lowest BCUT2D eigenvalue weighted by Crippen LogP contribution is -2.10. The summed E-state index contributed by atoms with van der Waals surface area (Å²) in [5.74, 6) is 0.505. The van der Waals surface area contributed by atoms with Crippen molar-refractivity contribution in [1.29, 1.82) is 0 Å². The number of nitrogens with one attached hydrogen (secondary N) is 1. The lowest BCUT2D eigenvalue weighted by molar-refractivity contribution is 0.210. The third-order valence-electron chi connectivity index (χ3n) is 1.29. The molecule has 0 saturated carbocycles. The number of hydrogen-bond donors (Lipinski definition) is 1. The second kappa shape index (κ2) is 5.36. The van der Waals surface area contributed by atoms with Gasteiger partial charge < -0.3 is 10.1 Å².